The molecule has 188 valence electrons. The van der Waals surface area contributed by atoms with E-state index in [-0.39, 0.29) is 35.0 Å². The molecule has 0 saturated carbocycles. The Morgan fingerprint density at radius 2 is 2.00 bits per heavy atom. The summed E-state index contributed by atoms with van der Waals surface area (Å²) in [5.41, 5.74) is 6.38. The SMILES string of the molecule is C=C(NC[C@H]1CCC[C@@H](c2ccc(C(F)(F)F)cc2)O1)/C(C)=C(\N=C(/N)c1cc(C)on1)C(=O)O. The summed E-state index contributed by atoms with van der Waals surface area (Å²) in [6.45, 7) is 7.46. The van der Waals surface area contributed by atoms with Gasteiger partial charge in [-0.1, -0.05) is 23.9 Å². The number of aromatic nitrogens is 1. The van der Waals surface area contributed by atoms with E-state index >= 15 is 0 Å². The van der Waals surface area contributed by atoms with Crippen LogP contribution in [0.5, 0.6) is 0 Å². The van der Waals surface area contributed by atoms with Crippen molar-refractivity contribution in [2.75, 3.05) is 6.54 Å². The third kappa shape index (κ3) is 6.72. The summed E-state index contributed by atoms with van der Waals surface area (Å²) in [6.07, 6.45) is -2.68. The van der Waals surface area contributed by atoms with Gasteiger partial charge < -0.3 is 25.4 Å². The third-order valence-electron chi connectivity index (χ3n) is 5.64. The molecule has 1 fully saturated rings. The first-order valence-electron chi connectivity index (χ1n) is 10.9. The van der Waals surface area contributed by atoms with E-state index in [1.165, 1.54) is 18.2 Å². The van der Waals surface area contributed by atoms with Crippen molar-refractivity contribution in [3.63, 3.8) is 0 Å². The first kappa shape index (κ1) is 26.0. The number of carboxylic acids is 1. The van der Waals surface area contributed by atoms with Crippen LogP contribution in [0.15, 0.2) is 63.4 Å². The lowest BCUT2D eigenvalue weighted by atomic mass is 9.97. The predicted octanol–water partition coefficient (Wildman–Crippen LogP) is 4.48. The molecule has 0 spiro atoms. The second-order valence-electron chi connectivity index (χ2n) is 8.26. The highest BCUT2D eigenvalue weighted by Gasteiger charge is 2.31. The lowest BCUT2D eigenvalue weighted by Gasteiger charge is -2.31. The van der Waals surface area contributed by atoms with Crippen LogP contribution in [0.2, 0.25) is 0 Å². The molecule has 2 heterocycles. The Balaban J connectivity index is 1.65. The maximum atomic E-state index is 12.8. The average molecular weight is 492 g/mol. The number of allylic oxidation sites excluding steroid dienone is 1. The highest BCUT2D eigenvalue weighted by molar-refractivity contribution is 6.00. The van der Waals surface area contributed by atoms with E-state index in [1.807, 2.05) is 0 Å². The molecule has 0 amide bonds. The zero-order valence-corrected chi connectivity index (χ0v) is 19.4. The number of hydrogen-bond donors (Lipinski definition) is 3. The number of alkyl halides is 3. The van der Waals surface area contributed by atoms with Gasteiger partial charge in [0, 0.05) is 23.9 Å². The summed E-state index contributed by atoms with van der Waals surface area (Å²) in [6, 6.07) is 6.52. The number of aliphatic carboxylic acids is 1. The van der Waals surface area contributed by atoms with Crippen LogP contribution in [0.25, 0.3) is 0 Å². The van der Waals surface area contributed by atoms with Gasteiger partial charge in [-0.2, -0.15) is 13.2 Å². The molecule has 1 aliphatic rings. The van der Waals surface area contributed by atoms with Gasteiger partial charge in [-0.25, -0.2) is 9.79 Å². The zero-order chi connectivity index (χ0) is 25.8. The normalized spacial score (nSPS) is 19.7. The highest BCUT2D eigenvalue weighted by Crippen LogP contribution is 2.34. The molecule has 8 nitrogen and oxygen atoms in total. The van der Waals surface area contributed by atoms with E-state index in [0.717, 1.165) is 25.0 Å². The van der Waals surface area contributed by atoms with Crippen LogP contribution >= 0.6 is 0 Å². The fourth-order valence-corrected chi connectivity index (χ4v) is 3.65. The number of aryl methyl sites for hydroxylation is 1. The van der Waals surface area contributed by atoms with Crippen LogP contribution in [0.4, 0.5) is 13.2 Å². The number of amidine groups is 1. The standard InChI is InChI=1S/C24H27F3N4O4/c1-13-11-19(31-35-13)22(28)30-21(23(32)33)14(2)15(3)29-12-18-5-4-6-20(34-18)16-7-9-17(10-8-16)24(25,26)27/h7-11,18,20,29H,3-6,12H2,1-2H3,(H2,28,30)(H,32,33)/b21-14-/t18-,20+/m1/s1. The Bertz CT molecular complexity index is 1140. The number of ether oxygens (including phenoxy) is 1. The Hall–Kier alpha value is -3.60. The minimum Gasteiger partial charge on any atom is -0.476 e. The van der Waals surface area contributed by atoms with E-state index < -0.39 is 17.7 Å². The van der Waals surface area contributed by atoms with Gasteiger partial charge in [0.05, 0.1) is 17.8 Å². The smallest absolute Gasteiger partial charge is 0.416 e. The van der Waals surface area contributed by atoms with E-state index in [2.05, 4.69) is 22.0 Å². The molecule has 1 aliphatic heterocycles. The van der Waals surface area contributed by atoms with Crippen LogP contribution < -0.4 is 11.1 Å². The van der Waals surface area contributed by atoms with Crippen LogP contribution in [0.1, 0.15) is 54.9 Å². The third-order valence-corrected chi connectivity index (χ3v) is 5.64. The fourth-order valence-electron chi connectivity index (χ4n) is 3.65. The summed E-state index contributed by atoms with van der Waals surface area (Å²) in [4.78, 5) is 15.8. The topological polar surface area (TPSA) is 123 Å². The Labute approximate surface area is 200 Å². The van der Waals surface area contributed by atoms with E-state index in [0.29, 0.717) is 30.0 Å². The molecule has 2 atom stereocenters. The van der Waals surface area contributed by atoms with E-state index in [1.54, 1.807) is 13.8 Å². The summed E-state index contributed by atoms with van der Waals surface area (Å²) >= 11 is 0. The van der Waals surface area contributed by atoms with Crippen molar-refractivity contribution in [1.29, 1.82) is 0 Å². The predicted molar refractivity (Wildman–Crippen MR) is 122 cm³/mol. The van der Waals surface area contributed by atoms with Gasteiger partial charge in [-0.15, -0.1) is 0 Å². The molecular weight excluding hydrogens is 465 g/mol. The van der Waals surface area contributed by atoms with Crippen molar-refractivity contribution in [3.8, 4) is 0 Å². The van der Waals surface area contributed by atoms with Gasteiger partial charge >= 0.3 is 12.1 Å². The molecule has 0 unspecified atom stereocenters. The summed E-state index contributed by atoms with van der Waals surface area (Å²) in [5, 5.41) is 16.4. The molecule has 1 aromatic heterocycles. The fraction of sp³-hybridized carbons (Fsp3) is 0.375. The maximum Gasteiger partial charge on any atom is 0.416 e. The van der Waals surface area contributed by atoms with Crippen molar-refractivity contribution < 1.29 is 32.3 Å². The summed E-state index contributed by atoms with van der Waals surface area (Å²) in [7, 11) is 0. The first-order chi connectivity index (χ1) is 16.5. The molecule has 11 heteroatoms. The largest absolute Gasteiger partial charge is 0.476 e. The number of benzene rings is 1. The number of nitrogens with two attached hydrogens (primary N) is 1. The van der Waals surface area contributed by atoms with Crippen molar-refractivity contribution >= 4 is 11.8 Å². The molecular formula is C24H27F3N4O4. The molecule has 0 radical (unpaired) electrons. The van der Waals surface area contributed by atoms with Gasteiger partial charge in [0.1, 0.15) is 11.5 Å². The quantitative estimate of drug-likeness (QED) is 0.215. The summed E-state index contributed by atoms with van der Waals surface area (Å²) < 4.78 is 49.5. The van der Waals surface area contributed by atoms with Crippen LogP contribution in [-0.2, 0) is 15.7 Å². The Morgan fingerprint density at radius 3 is 2.57 bits per heavy atom. The number of carboxylic acid groups (broad SMARTS) is 1. The molecule has 0 aliphatic carbocycles. The number of carbonyl (C=O) groups is 1. The van der Waals surface area contributed by atoms with E-state index in [4.69, 9.17) is 15.0 Å². The molecule has 4 N–H and O–H groups in total. The number of aliphatic imine (C=N–C) groups is 1. The number of nitrogens with zero attached hydrogens (tertiary/aromatic N) is 2. The molecule has 2 aromatic rings. The average Bonchev–Trinajstić information content (AvgIpc) is 3.26. The minimum absolute atomic E-state index is 0.110. The van der Waals surface area contributed by atoms with Crippen molar-refractivity contribution in [2.24, 2.45) is 10.7 Å². The number of halogens is 3. The molecule has 3 rings (SSSR count). The molecule has 0 bridgehead atoms. The number of hydrogen-bond acceptors (Lipinski definition) is 6. The lowest BCUT2D eigenvalue weighted by molar-refractivity contribution is -0.137. The van der Waals surface area contributed by atoms with Gasteiger partial charge in [-0.3, -0.25) is 0 Å². The number of rotatable bonds is 8. The van der Waals surface area contributed by atoms with Crippen molar-refractivity contribution in [1.82, 2.24) is 10.5 Å². The molecule has 35 heavy (non-hydrogen) atoms. The second-order valence-corrected chi connectivity index (χ2v) is 8.26. The van der Waals surface area contributed by atoms with Crippen LogP contribution in [0, 0.1) is 6.92 Å². The van der Waals surface area contributed by atoms with Gasteiger partial charge in [0.2, 0.25) is 0 Å². The summed E-state index contributed by atoms with van der Waals surface area (Å²) in [5.74, 6) is -0.893. The van der Waals surface area contributed by atoms with E-state index in [9.17, 15) is 23.1 Å². The van der Waals surface area contributed by atoms with Gasteiger partial charge in [0.15, 0.2) is 11.5 Å². The monoisotopic (exact) mass is 492 g/mol. The number of nitrogens with one attached hydrogen (secondary N) is 1. The van der Waals surface area contributed by atoms with Crippen molar-refractivity contribution in [2.45, 2.75) is 51.5 Å². The Morgan fingerprint density at radius 1 is 1.31 bits per heavy atom. The molecule has 1 saturated heterocycles. The zero-order valence-electron chi connectivity index (χ0n) is 19.4. The maximum absolute atomic E-state index is 12.8. The Kier molecular flexibility index (Phi) is 8.00. The minimum atomic E-state index is -4.39. The first-order valence-corrected chi connectivity index (χ1v) is 10.9. The van der Waals surface area contributed by atoms with Crippen molar-refractivity contribution in [3.05, 3.63) is 76.5 Å². The van der Waals surface area contributed by atoms with Crippen LogP contribution in [-0.4, -0.2) is 34.7 Å². The highest BCUT2D eigenvalue weighted by atomic mass is 19.4. The second kappa shape index (κ2) is 10.8. The van der Waals surface area contributed by atoms with Gasteiger partial charge in [0.25, 0.3) is 0 Å². The van der Waals surface area contributed by atoms with Crippen LogP contribution in [0.3, 0.4) is 0 Å². The van der Waals surface area contributed by atoms with Gasteiger partial charge in [-0.05, 0) is 50.8 Å². The lowest BCUT2D eigenvalue weighted by Crippen LogP contribution is -2.33. The molecule has 1 aromatic carbocycles.